The minimum atomic E-state index is 0.162. The molecule has 0 aromatic carbocycles. The molecule has 158 valence electrons. The zero-order chi connectivity index (χ0) is 20.1. The predicted molar refractivity (Wildman–Crippen MR) is 111 cm³/mol. The van der Waals surface area contributed by atoms with Crippen LogP contribution >= 0.6 is 0 Å². The molecule has 0 spiro atoms. The van der Waals surface area contributed by atoms with Crippen LogP contribution in [-0.2, 0) is 9.59 Å². The van der Waals surface area contributed by atoms with Crippen molar-refractivity contribution in [1.82, 2.24) is 10.0 Å². The van der Waals surface area contributed by atoms with Gasteiger partial charge in [0.25, 0.3) is 0 Å². The fraction of sp³-hybridized carbons (Fsp3) is 0.917. The van der Waals surface area contributed by atoms with Crippen LogP contribution in [0.25, 0.3) is 0 Å². The third-order valence-corrected chi connectivity index (χ3v) is 8.95. The molecule has 0 bridgehead atoms. The van der Waals surface area contributed by atoms with E-state index in [9.17, 15) is 9.59 Å². The molecule has 2 aliphatic heterocycles. The van der Waals surface area contributed by atoms with Crippen LogP contribution < -0.4 is 0 Å². The first-order valence-corrected chi connectivity index (χ1v) is 11.9. The number of carbonyl (C=O) groups excluding carboxylic acids is 2. The summed E-state index contributed by atoms with van der Waals surface area (Å²) in [5.74, 6) is 4.13. The van der Waals surface area contributed by atoms with Gasteiger partial charge in [-0.05, 0) is 67.1 Å². The lowest BCUT2D eigenvalue weighted by Crippen LogP contribution is -2.66. The Balaban J connectivity index is 1.47. The Labute approximate surface area is 171 Å². The number of fused-ring (bicyclic) bond motifs is 5. The van der Waals surface area contributed by atoms with Crippen LogP contribution in [0.4, 0.5) is 0 Å². The Morgan fingerprint density at radius 3 is 2.50 bits per heavy atom. The van der Waals surface area contributed by atoms with Crippen molar-refractivity contribution in [2.45, 2.75) is 97.9 Å². The molecule has 4 heteroatoms. The molecule has 0 radical (unpaired) electrons. The summed E-state index contributed by atoms with van der Waals surface area (Å²) in [7, 11) is 0. The first-order chi connectivity index (χ1) is 13.3. The van der Waals surface area contributed by atoms with Crippen LogP contribution in [-0.4, -0.2) is 34.4 Å². The van der Waals surface area contributed by atoms with Crippen molar-refractivity contribution in [2.75, 3.05) is 6.54 Å². The highest BCUT2D eigenvalue weighted by molar-refractivity contribution is 5.89. The fourth-order valence-corrected chi connectivity index (χ4v) is 7.57. The number of hydrogen-bond acceptors (Lipinski definition) is 2. The Morgan fingerprint density at radius 2 is 1.75 bits per heavy atom. The SMILES string of the molecule is CC(C)CCC[C@@H](C)[C@H]1CC[C@H]2[C@@H]3CCN4C(=O)CCC(=O)N4[C@@H]3CC[C@]12C. The molecule has 0 N–H and O–H groups in total. The van der Waals surface area contributed by atoms with Crippen molar-refractivity contribution in [3.8, 4) is 0 Å². The maximum absolute atomic E-state index is 12.7. The second kappa shape index (κ2) is 7.65. The molecule has 2 heterocycles. The Hall–Kier alpha value is -1.06. The van der Waals surface area contributed by atoms with E-state index in [2.05, 4.69) is 27.7 Å². The summed E-state index contributed by atoms with van der Waals surface area (Å²) in [6.45, 7) is 10.5. The van der Waals surface area contributed by atoms with Gasteiger partial charge >= 0.3 is 0 Å². The smallest absolute Gasteiger partial charge is 0.241 e. The summed E-state index contributed by atoms with van der Waals surface area (Å²) in [4.78, 5) is 25.0. The van der Waals surface area contributed by atoms with E-state index in [4.69, 9.17) is 0 Å². The molecule has 0 unspecified atom stereocenters. The second-order valence-electron chi connectivity index (χ2n) is 10.9. The number of nitrogens with zero attached hydrogens (tertiary/aromatic N) is 2. The molecule has 0 aromatic rings. The monoisotopic (exact) mass is 388 g/mol. The molecule has 2 saturated heterocycles. The number of amides is 2. The van der Waals surface area contributed by atoms with Crippen LogP contribution in [0.1, 0.15) is 91.9 Å². The average Bonchev–Trinajstić information content (AvgIpc) is 3.01. The topological polar surface area (TPSA) is 40.6 Å². The van der Waals surface area contributed by atoms with Gasteiger partial charge < -0.3 is 0 Å². The van der Waals surface area contributed by atoms with E-state index in [1.165, 1.54) is 38.5 Å². The van der Waals surface area contributed by atoms with Crippen LogP contribution in [0.15, 0.2) is 0 Å². The van der Waals surface area contributed by atoms with Gasteiger partial charge in [-0.1, -0.05) is 47.0 Å². The molecule has 6 atom stereocenters. The summed E-state index contributed by atoms with van der Waals surface area (Å²) in [6.07, 6.45) is 11.0. The van der Waals surface area contributed by atoms with Gasteiger partial charge in [0.1, 0.15) is 0 Å². The molecule has 28 heavy (non-hydrogen) atoms. The van der Waals surface area contributed by atoms with E-state index >= 15 is 0 Å². The molecule has 2 aliphatic carbocycles. The first kappa shape index (κ1) is 20.2. The standard InChI is InChI=1S/C24H40N2O2/c1-16(2)6-5-7-17(3)19-8-9-20-18-13-15-25-22(27)10-11-23(28)26(25)21(18)12-14-24(19,20)4/h16-21H,5-15H2,1-4H3/t17-,18+,19-,20+,21-,24-/m1/s1. The van der Waals surface area contributed by atoms with E-state index < -0.39 is 0 Å². The van der Waals surface area contributed by atoms with Gasteiger partial charge in [0, 0.05) is 19.4 Å². The highest BCUT2D eigenvalue weighted by Gasteiger charge is 2.58. The molecule has 4 nitrogen and oxygen atoms in total. The van der Waals surface area contributed by atoms with E-state index in [1.807, 2.05) is 5.01 Å². The van der Waals surface area contributed by atoms with Crippen LogP contribution in [0.5, 0.6) is 0 Å². The lowest BCUT2D eigenvalue weighted by atomic mass is 9.56. The number of rotatable bonds is 5. The first-order valence-electron chi connectivity index (χ1n) is 11.9. The molecular weight excluding hydrogens is 348 g/mol. The van der Waals surface area contributed by atoms with E-state index in [0.717, 1.165) is 43.1 Å². The second-order valence-corrected chi connectivity index (χ2v) is 10.9. The zero-order valence-corrected chi connectivity index (χ0v) is 18.5. The van der Waals surface area contributed by atoms with Crippen molar-refractivity contribution >= 4 is 11.8 Å². The van der Waals surface area contributed by atoms with Crippen molar-refractivity contribution < 1.29 is 9.59 Å². The quantitative estimate of drug-likeness (QED) is 0.663. The minimum absolute atomic E-state index is 0.162. The summed E-state index contributed by atoms with van der Waals surface area (Å²) < 4.78 is 0. The van der Waals surface area contributed by atoms with Crippen LogP contribution in [0.2, 0.25) is 0 Å². The molecule has 2 saturated carbocycles. The summed E-state index contributed by atoms with van der Waals surface area (Å²) in [5.41, 5.74) is 0.434. The molecular formula is C24H40N2O2. The molecule has 4 rings (SSSR count). The largest absolute Gasteiger partial charge is 0.273 e. The maximum atomic E-state index is 12.7. The van der Waals surface area contributed by atoms with E-state index in [1.54, 1.807) is 5.01 Å². The number of hydrogen-bond donors (Lipinski definition) is 0. The van der Waals surface area contributed by atoms with Crippen LogP contribution in [0, 0.1) is 35.0 Å². The van der Waals surface area contributed by atoms with Crippen molar-refractivity contribution in [1.29, 1.82) is 0 Å². The predicted octanol–water partition coefficient (Wildman–Crippen LogP) is 5.03. The average molecular weight is 389 g/mol. The molecule has 4 aliphatic rings. The third-order valence-electron chi connectivity index (χ3n) is 8.95. The Kier molecular flexibility index (Phi) is 5.52. The van der Waals surface area contributed by atoms with Gasteiger partial charge in [-0.15, -0.1) is 0 Å². The molecule has 0 aromatic heterocycles. The van der Waals surface area contributed by atoms with Crippen molar-refractivity contribution in [3.05, 3.63) is 0 Å². The zero-order valence-electron chi connectivity index (χ0n) is 18.5. The molecule has 2 amide bonds. The van der Waals surface area contributed by atoms with Gasteiger partial charge in [-0.25, -0.2) is 5.01 Å². The Bertz CT molecular complexity index is 618. The van der Waals surface area contributed by atoms with E-state index in [0.29, 0.717) is 24.2 Å². The van der Waals surface area contributed by atoms with Gasteiger partial charge in [0.05, 0.1) is 6.04 Å². The summed E-state index contributed by atoms with van der Waals surface area (Å²) in [5, 5.41) is 3.72. The summed E-state index contributed by atoms with van der Waals surface area (Å²) >= 11 is 0. The lowest BCUT2D eigenvalue weighted by molar-refractivity contribution is -0.197. The third kappa shape index (κ3) is 3.29. The van der Waals surface area contributed by atoms with E-state index in [-0.39, 0.29) is 17.9 Å². The normalized spacial score (nSPS) is 39.0. The maximum Gasteiger partial charge on any atom is 0.241 e. The van der Waals surface area contributed by atoms with Crippen LogP contribution in [0.3, 0.4) is 0 Å². The van der Waals surface area contributed by atoms with Gasteiger partial charge in [0.15, 0.2) is 0 Å². The fourth-order valence-electron chi connectivity index (χ4n) is 7.57. The van der Waals surface area contributed by atoms with Gasteiger partial charge in [-0.3, -0.25) is 14.6 Å². The van der Waals surface area contributed by atoms with Gasteiger partial charge in [0.2, 0.25) is 11.8 Å². The van der Waals surface area contributed by atoms with Gasteiger partial charge in [-0.2, -0.15) is 0 Å². The Morgan fingerprint density at radius 1 is 1.00 bits per heavy atom. The number of hydrazine groups is 1. The number of carbonyl (C=O) groups is 2. The van der Waals surface area contributed by atoms with Crippen molar-refractivity contribution in [3.63, 3.8) is 0 Å². The molecule has 4 fully saturated rings. The van der Waals surface area contributed by atoms with Crippen molar-refractivity contribution in [2.24, 2.45) is 35.0 Å². The summed E-state index contributed by atoms with van der Waals surface area (Å²) in [6, 6.07) is 0.276. The minimum Gasteiger partial charge on any atom is -0.273 e. The lowest BCUT2D eigenvalue weighted by Gasteiger charge is -2.57. The highest BCUT2D eigenvalue weighted by Crippen LogP contribution is 2.62. The highest BCUT2D eigenvalue weighted by atomic mass is 16.2.